The molecule has 0 aromatic heterocycles. The van der Waals surface area contributed by atoms with Crippen LogP contribution in [0.3, 0.4) is 0 Å². The molecule has 0 aliphatic heterocycles. The van der Waals surface area contributed by atoms with Crippen molar-refractivity contribution in [1.82, 2.24) is 0 Å². The van der Waals surface area contributed by atoms with Crippen molar-refractivity contribution in [2.24, 2.45) is 11.8 Å². The summed E-state index contributed by atoms with van der Waals surface area (Å²) in [5.41, 5.74) is 1.53. The number of benzene rings is 2. The van der Waals surface area contributed by atoms with Crippen LogP contribution in [0.15, 0.2) is 42.5 Å². The second-order valence-corrected chi connectivity index (χ2v) is 5.78. The SMILES string of the molecule is CCCC[C@H]1C[C@H]1Cc1ccc2ccccc2c1. The third-order valence-corrected chi connectivity index (χ3v) is 4.31. The van der Waals surface area contributed by atoms with E-state index in [4.69, 9.17) is 0 Å². The molecule has 0 heteroatoms. The predicted molar refractivity (Wildman–Crippen MR) is 78.8 cm³/mol. The molecular weight excluding hydrogens is 216 g/mol. The average Bonchev–Trinajstić information content (AvgIpc) is 3.14. The van der Waals surface area contributed by atoms with Gasteiger partial charge in [-0.1, -0.05) is 68.7 Å². The summed E-state index contributed by atoms with van der Waals surface area (Å²) >= 11 is 0. The Bertz CT molecular complexity index is 526. The van der Waals surface area contributed by atoms with Gasteiger partial charge in [-0.15, -0.1) is 0 Å². The molecule has 1 aliphatic rings. The standard InChI is InChI=1S/C18H22/c1-2-3-6-17-13-18(17)12-14-9-10-15-7-4-5-8-16(15)11-14/h4-5,7-11,17-18H,2-3,6,12-13H2,1H3/t17-,18+/m0/s1. The molecule has 2 atom stereocenters. The van der Waals surface area contributed by atoms with Gasteiger partial charge in [0, 0.05) is 0 Å². The van der Waals surface area contributed by atoms with Gasteiger partial charge in [-0.25, -0.2) is 0 Å². The molecule has 0 saturated heterocycles. The van der Waals surface area contributed by atoms with E-state index in [1.807, 2.05) is 0 Å². The Morgan fingerprint density at radius 3 is 2.67 bits per heavy atom. The molecule has 1 fully saturated rings. The lowest BCUT2D eigenvalue weighted by Crippen LogP contribution is -1.90. The summed E-state index contributed by atoms with van der Waals surface area (Å²) < 4.78 is 0. The van der Waals surface area contributed by atoms with E-state index in [9.17, 15) is 0 Å². The van der Waals surface area contributed by atoms with Crippen LogP contribution in [0.2, 0.25) is 0 Å². The second kappa shape index (κ2) is 5.14. The van der Waals surface area contributed by atoms with Gasteiger partial charge in [0.05, 0.1) is 0 Å². The van der Waals surface area contributed by atoms with Crippen LogP contribution in [0.5, 0.6) is 0 Å². The van der Waals surface area contributed by atoms with Gasteiger partial charge in [0.25, 0.3) is 0 Å². The molecule has 0 spiro atoms. The highest BCUT2D eigenvalue weighted by atomic mass is 14.4. The fraction of sp³-hybridized carbons (Fsp3) is 0.444. The highest BCUT2D eigenvalue weighted by Crippen LogP contribution is 2.44. The number of hydrogen-bond donors (Lipinski definition) is 0. The van der Waals surface area contributed by atoms with Gasteiger partial charge < -0.3 is 0 Å². The maximum atomic E-state index is 2.38. The maximum Gasteiger partial charge on any atom is -0.0181 e. The molecule has 0 amide bonds. The number of rotatable bonds is 5. The molecule has 0 radical (unpaired) electrons. The van der Waals surface area contributed by atoms with Gasteiger partial charge in [-0.3, -0.25) is 0 Å². The Morgan fingerprint density at radius 2 is 1.83 bits per heavy atom. The summed E-state index contributed by atoms with van der Waals surface area (Å²) in [6, 6.07) is 15.6. The van der Waals surface area contributed by atoms with Crippen LogP contribution in [0.25, 0.3) is 10.8 Å². The summed E-state index contributed by atoms with van der Waals surface area (Å²) in [6.07, 6.45) is 6.97. The molecule has 0 heterocycles. The van der Waals surface area contributed by atoms with Gasteiger partial charge >= 0.3 is 0 Å². The van der Waals surface area contributed by atoms with Crippen LogP contribution in [0, 0.1) is 11.8 Å². The van der Waals surface area contributed by atoms with Crippen molar-refractivity contribution in [2.75, 3.05) is 0 Å². The Hall–Kier alpha value is -1.30. The first-order chi connectivity index (χ1) is 8.86. The minimum Gasteiger partial charge on any atom is -0.0654 e. The van der Waals surface area contributed by atoms with Crippen LogP contribution in [-0.4, -0.2) is 0 Å². The van der Waals surface area contributed by atoms with E-state index in [0.29, 0.717) is 0 Å². The van der Waals surface area contributed by atoms with Gasteiger partial charge in [0.15, 0.2) is 0 Å². The average molecular weight is 238 g/mol. The molecule has 0 nitrogen and oxygen atoms in total. The van der Waals surface area contributed by atoms with Gasteiger partial charge in [-0.05, 0) is 41.0 Å². The third kappa shape index (κ3) is 2.58. The molecule has 2 aromatic rings. The van der Waals surface area contributed by atoms with Gasteiger partial charge in [0.1, 0.15) is 0 Å². The fourth-order valence-electron chi connectivity index (χ4n) is 3.05. The minimum atomic E-state index is 0.970. The van der Waals surface area contributed by atoms with E-state index in [1.165, 1.54) is 48.4 Å². The number of hydrogen-bond acceptors (Lipinski definition) is 0. The lowest BCUT2D eigenvalue weighted by atomic mass is 10.0. The zero-order chi connectivity index (χ0) is 12.4. The molecule has 18 heavy (non-hydrogen) atoms. The van der Waals surface area contributed by atoms with Crippen LogP contribution in [-0.2, 0) is 6.42 Å². The van der Waals surface area contributed by atoms with Crippen LogP contribution >= 0.6 is 0 Å². The summed E-state index contributed by atoms with van der Waals surface area (Å²) in [7, 11) is 0. The molecule has 0 unspecified atom stereocenters. The molecule has 1 aliphatic carbocycles. The Kier molecular flexibility index (Phi) is 3.36. The van der Waals surface area contributed by atoms with E-state index in [2.05, 4.69) is 49.4 Å². The normalized spacial score (nSPS) is 22.3. The van der Waals surface area contributed by atoms with Crippen molar-refractivity contribution in [2.45, 2.75) is 39.0 Å². The third-order valence-electron chi connectivity index (χ3n) is 4.31. The zero-order valence-corrected chi connectivity index (χ0v) is 11.2. The monoisotopic (exact) mass is 238 g/mol. The Morgan fingerprint density at radius 1 is 1.00 bits per heavy atom. The smallest absolute Gasteiger partial charge is 0.0181 e. The van der Waals surface area contributed by atoms with E-state index in [0.717, 1.165) is 11.8 Å². The molecule has 0 bridgehead atoms. The van der Waals surface area contributed by atoms with Crippen molar-refractivity contribution in [3.8, 4) is 0 Å². The molecule has 2 aromatic carbocycles. The second-order valence-electron chi connectivity index (χ2n) is 5.78. The molecule has 1 saturated carbocycles. The van der Waals surface area contributed by atoms with Crippen molar-refractivity contribution >= 4 is 10.8 Å². The van der Waals surface area contributed by atoms with Crippen LogP contribution < -0.4 is 0 Å². The minimum absolute atomic E-state index is 0.970. The summed E-state index contributed by atoms with van der Waals surface area (Å²) in [4.78, 5) is 0. The van der Waals surface area contributed by atoms with Crippen molar-refractivity contribution < 1.29 is 0 Å². The first-order valence-electron chi connectivity index (χ1n) is 7.34. The Balaban J connectivity index is 1.65. The van der Waals surface area contributed by atoms with Crippen LogP contribution in [0.4, 0.5) is 0 Å². The fourth-order valence-corrected chi connectivity index (χ4v) is 3.05. The molecule has 94 valence electrons. The Labute approximate surface area is 110 Å². The first-order valence-corrected chi connectivity index (χ1v) is 7.34. The molecular formula is C18H22. The summed E-state index contributed by atoms with van der Waals surface area (Å²) in [6.45, 7) is 2.29. The van der Waals surface area contributed by atoms with Gasteiger partial charge in [-0.2, -0.15) is 0 Å². The van der Waals surface area contributed by atoms with E-state index in [-0.39, 0.29) is 0 Å². The molecule has 3 rings (SSSR count). The van der Waals surface area contributed by atoms with E-state index in [1.54, 1.807) is 0 Å². The summed E-state index contributed by atoms with van der Waals surface area (Å²) in [5, 5.41) is 2.75. The highest BCUT2D eigenvalue weighted by Gasteiger charge is 2.35. The highest BCUT2D eigenvalue weighted by molar-refractivity contribution is 5.82. The summed E-state index contributed by atoms with van der Waals surface area (Å²) in [5.74, 6) is 1.99. The number of fused-ring (bicyclic) bond motifs is 1. The van der Waals surface area contributed by atoms with Crippen LogP contribution in [0.1, 0.15) is 38.2 Å². The van der Waals surface area contributed by atoms with E-state index < -0.39 is 0 Å². The zero-order valence-electron chi connectivity index (χ0n) is 11.2. The van der Waals surface area contributed by atoms with Crippen molar-refractivity contribution in [3.05, 3.63) is 48.0 Å². The van der Waals surface area contributed by atoms with E-state index >= 15 is 0 Å². The first kappa shape index (κ1) is 11.8. The largest absolute Gasteiger partial charge is 0.0654 e. The maximum absolute atomic E-state index is 2.38. The lowest BCUT2D eigenvalue weighted by molar-refractivity contribution is 0.601. The predicted octanol–water partition coefficient (Wildman–Crippen LogP) is 5.21. The van der Waals surface area contributed by atoms with Gasteiger partial charge in [0.2, 0.25) is 0 Å². The topological polar surface area (TPSA) is 0 Å². The molecule has 0 N–H and O–H groups in total. The number of unbranched alkanes of at least 4 members (excludes halogenated alkanes) is 1. The quantitative estimate of drug-likeness (QED) is 0.671. The lowest BCUT2D eigenvalue weighted by Gasteiger charge is -2.03. The van der Waals surface area contributed by atoms with Crippen molar-refractivity contribution in [3.63, 3.8) is 0 Å². The van der Waals surface area contributed by atoms with Crippen molar-refractivity contribution in [1.29, 1.82) is 0 Å².